The largest absolute Gasteiger partial charge is 0.464 e. The molecule has 0 amide bonds. The molecule has 0 aliphatic carbocycles. The van der Waals surface area contributed by atoms with Gasteiger partial charge in [0.05, 0.1) is 13.2 Å². The van der Waals surface area contributed by atoms with Gasteiger partial charge >= 0.3 is 5.97 Å². The smallest absolute Gasteiger partial charge is 0.330 e. The quantitative estimate of drug-likeness (QED) is 0.606. The Labute approximate surface area is 124 Å². The first kappa shape index (κ1) is 15.6. The fraction of sp³-hybridized carbons (Fsp3) is 0.533. The number of nitrogens with one attached hydrogen (secondary N) is 1. The van der Waals surface area contributed by atoms with E-state index < -0.39 is 5.54 Å². The second kappa shape index (κ2) is 6.78. The summed E-state index contributed by atoms with van der Waals surface area (Å²) in [6.45, 7) is 5.13. The first-order valence-electron chi connectivity index (χ1n) is 6.93. The van der Waals surface area contributed by atoms with Gasteiger partial charge in [0.2, 0.25) is 6.79 Å². The highest BCUT2D eigenvalue weighted by molar-refractivity contribution is 5.82. The van der Waals surface area contributed by atoms with E-state index in [1.165, 1.54) is 0 Å². The molecule has 1 aliphatic rings. The standard InChI is InChI=1S/C15H21NO5/c1-4-19-14(17)15(2,16-7-8-18-3)11-5-6-12-13(9-11)21-10-20-12/h5-6,9,16H,4,7-8,10H2,1-3H3. The molecule has 0 radical (unpaired) electrons. The van der Waals surface area contributed by atoms with Crippen LogP contribution in [0.2, 0.25) is 0 Å². The van der Waals surface area contributed by atoms with Crippen LogP contribution in [0.3, 0.4) is 0 Å². The topological polar surface area (TPSA) is 66.0 Å². The number of rotatable bonds is 7. The summed E-state index contributed by atoms with van der Waals surface area (Å²) in [4.78, 5) is 12.4. The highest BCUT2D eigenvalue weighted by Crippen LogP contribution is 2.36. The van der Waals surface area contributed by atoms with Gasteiger partial charge in [-0.25, -0.2) is 4.79 Å². The van der Waals surface area contributed by atoms with E-state index in [0.29, 0.717) is 31.3 Å². The molecule has 0 fully saturated rings. The predicted molar refractivity (Wildman–Crippen MR) is 76.4 cm³/mol. The Balaban J connectivity index is 2.27. The first-order chi connectivity index (χ1) is 10.1. The normalized spacial score (nSPS) is 15.6. The van der Waals surface area contributed by atoms with E-state index in [9.17, 15) is 4.79 Å². The van der Waals surface area contributed by atoms with Gasteiger partial charge in [0, 0.05) is 13.7 Å². The molecule has 1 aliphatic heterocycles. The molecule has 0 saturated carbocycles. The minimum atomic E-state index is -0.963. The molecule has 0 bridgehead atoms. The van der Waals surface area contributed by atoms with Gasteiger partial charge in [-0.1, -0.05) is 6.07 Å². The maximum absolute atomic E-state index is 12.4. The lowest BCUT2D eigenvalue weighted by Crippen LogP contribution is -2.48. The average molecular weight is 295 g/mol. The number of fused-ring (bicyclic) bond motifs is 1. The summed E-state index contributed by atoms with van der Waals surface area (Å²) in [6.07, 6.45) is 0. The van der Waals surface area contributed by atoms with Crippen LogP contribution in [-0.2, 0) is 19.8 Å². The average Bonchev–Trinajstić information content (AvgIpc) is 2.95. The molecule has 1 unspecified atom stereocenters. The Hall–Kier alpha value is -1.79. The zero-order valence-corrected chi connectivity index (χ0v) is 12.6. The lowest BCUT2D eigenvalue weighted by molar-refractivity contribution is -0.151. The third-order valence-electron chi connectivity index (χ3n) is 3.42. The van der Waals surface area contributed by atoms with Crippen LogP contribution in [0.5, 0.6) is 11.5 Å². The van der Waals surface area contributed by atoms with Crippen LogP contribution in [0.25, 0.3) is 0 Å². The molecule has 0 spiro atoms. The summed E-state index contributed by atoms with van der Waals surface area (Å²) < 4.78 is 20.9. The summed E-state index contributed by atoms with van der Waals surface area (Å²) in [5.41, 5.74) is -0.198. The number of methoxy groups -OCH3 is 1. The van der Waals surface area contributed by atoms with Gasteiger partial charge in [0.1, 0.15) is 5.54 Å². The van der Waals surface area contributed by atoms with Gasteiger partial charge < -0.3 is 18.9 Å². The molecule has 2 rings (SSSR count). The number of hydrogen-bond donors (Lipinski definition) is 1. The van der Waals surface area contributed by atoms with Crippen LogP contribution < -0.4 is 14.8 Å². The van der Waals surface area contributed by atoms with Crippen molar-refractivity contribution in [1.82, 2.24) is 5.32 Å². The lowest BCUT2D eigenvalue weighted by Gasteiger charge is -2.29. The number of hydrogen-bond acceptors (Lipinski definition) is 6. The van der Waals surface area contributed by atoms with Crippen LogP contribution in [-0.4, -0.2) is 39.6 Å². The molecule has 21 heavy (non-hydrogen) atoms. The van der Waals surface area contributed by atoms with Crippen molar-refractivity contribution in [3.05, 3.63) is 23.8 Å². The third-order valence-corrected chi connectivity index (χ3v) is 3.42. The molecule has 1 heterocycles. The number of ether oxygens (including phenoxy) is 4. The monoisotopic (exact) mass is 295 g/mol. The molecule has 0 aromatic heterocycles. The van der Waals surface area contributed by atoms with Crippen molar-refractivity contribution < 1.29 is 23.7 Å². The highest BCUT2D eigenvalue weighted by atomic mass is 16.7. The van der Waals surface area contributed by atoms with E-state index in [4.69, 9.17) is 18.9 Å². The Morgan fingerprint density at radius 2 is 2.14 bits per heavy atom. The molecule has 1 aromatic carbocycles. The molecule has 6 nitrogen and oxygen atoms in total. The van der Waals surface area contributed by atoms with Crippen molar-refractivity contribution in [2.75, 3.05) is 33.7 Å². The van der Waals surface area contributed by atoms with E-state index in [2.05, 4.69) is 5.32 Å². The van der Waals surface area contributed by atoms with E-state index in [-0.39, 0.29) is 12.8 Å². The third kappa shape index (κ3) is 3.28. The van der Waals surface area contributed by atoms with Crippen molar-refractivity contribution >= 4 is 5.97 Å². The van der Waals surface area contributed by atoms with Crippen molar-refractivity contribution in [2.45, 2.75) is 19.4 Å². The van der Waals surface area contributed by atoms with Crippen molar-refractivity contribution in [2.24, 2.45) is 0 Å². The summed E-state index contributed by atoms with van der Waals surface area (Å²) in [7, 11) is 1.62. The van der Waals surface area contributed by atoms with Gasteiger partial charge in [-0.3, -0.25) is 5.32 Å². The van der Waals surface area contributed by atoms with Crippen LogP contribution in [0.15, 0.2) is 18.2 Å². The fourth-order valence-corrected chi connectivity index (χ4v) is 2.18. The Bertz CT molecular complexity index is 505. The molecule has 1 N–H and O–H groups in total. The van der Waals surface area contributed by atoms with Gasteiger partial charge in [0.15, 0.2) is 11.5 Å². The van der Waals surface area contributed by atoms with E-state index >= 15 is 0 Å². The molecule has 0 saturated heterocycles. The molecular weight excluding hydrogens is 274 g/mol. The zero-order valence-electron chi connectivity index (χ0n) is 12.6. The molecule has 116 valence electrons. The number of carbonyl (C=O) groups is 1. The minimum Gasteiger partial charge on any atom is -0.464 e. The van der Waals surface area contributed by atoms with Crippen molar-refractivity contribution in [3.8, 4) is 11.5 Å². The predicted octanol–water partition coefficient (Wildman–Crippen LogP) is 1.43. The maximum Gasteiger partial charge on any atom is 0.330 e. The molecular formula is C15H21NO5. The summed E-state index contributed by atoms with van der Waals surface area (Å²) in [5, 5.41) is 3.19. The SMILES string of the molecule is CCOC(=O)C(C)(NCCOC)c1ccc2c(c1)OCO2. The number of esters is 1. The fourth-order valence-electron chi connectivity index (χ4n) is 2.18. The van der Waals surface area contributed by atoms with Crippen molar-refractivity contribution in [3.63, 3.8) is 0 Å². The van der Waals surface area contributed by atoms with Gasteiger partial charge in [0.25, 0.3) is 0 Å². The van der Waals surface area contributed by atoms with Gasteiger partial charge in [-0.15, -0.1) is 0 Å². The summed E-state index contributed by atoms with van der Waals surface area (Å²) >= 11 is 0. The second-order valence-electron chi connectivity index (χ2n) is 4.83. The summed E-state index contributed by atoms with van der Waals surface area (Å²) in [5.74, 6) is 0.985. The zero-order chi connectivity index (χ0) is 15.3. The molecule has 1 atom stereocenters. The van der Waals surface area contributed by atoms with Crippen LogP contribution >= 0.6 is 0 Å². The Kier molecular flexibility index (Phi) is 5.03. The van der Waals surface area contributed by atoms with E-state index in [1.807, 2.05) is 6.07 Å². The summed E-state index contributed by atoms with van der Waals surface area (Å²) in [6, 6.07) is 5.44. The van der Waals surface area contributed by atoms with Crippen LogP contribution in [0, 0.1) is 0 Å². The lowest BCUT2D eigenvalue weighted by atomic mass is 9.91. The highest BCUT2D eigenvalue weighted by Gasteiger charge is 2.37. The van der Waals surface area contributed by atoms with Crippen LogP contribution in [0.4, 0.5) is 0 Å². The number of benzene rings is 1. The Morgan fingerprint density at radius 1 is 1.38 bits per heavy atom. The number of carbonyl (C=O) groups excluding carboxylic acids is 1. The minimum absolute atomic E-state index is 0.200. The maximum atomic E-state index is 12.4. The Morgan fingerprint density at radius 3 is 2.86 bits per heavy atom. The van der Waals surface area contributed by atoms with E-state index in [1.54, 1.807) is 33.1 Å². The second-order valence-corrected chi connectivity index (χ2v) is 4.83. The first-order valence-corrected chi connectivity index (χ1v) is 6.93. The van der Waals surface area contributed by atoms with Gasteiger partial charge in [-0.2, -0.15) is 0 Å². The van der Waals surface area contributed by atoms with Crippen LogP contribution in [0.1, 0.15) is 19.4 Å². The molecule has 1 aromatic rings. The van der Waals surface area contributed by atoms with E-state index in [0.717, 1.165) is 5.56 Å². The van der Waals surface area contributed by atoms with Crippen molar-refractivity contribution in [1.29, 1.82) is 0 Å². The molecule has 6 heteroatoms. The van der Waals surface area contributed by atoms with Gasteiger partial charge in [-0.05, 0) is 31.5 Å².